The first kappa shape index (κ1) is 34.6. The number of anilines is 1. The summed E-state index contributed by atoms with van der Waals surface area (Å²) in [7, 11) is 2.67. The molecule has 0 fully saturated rings. The van der Waals surface area contributed by atoms with Crippen molar-refractivity contribution in [1.82, 2.24) is 4.90 Å². The number of amides is 2. The van der Waals surface area contributed by atoms with Gasteiger partial charge in [-0.15, -0.1) is 0 Å². The summed E-state index contributed by atoms with van der Waals surface area (Å²) in [5.41, 5.74) is -2.94. The predicted octanol–water partition coefficient (Wildman–Crippen LogP) is 8.62. The van der Waals surface area contributed by atoms with Gasteiger partial charge in [0.1, 0.15) is 0 Å². The first-order valence-electron chi connectivity index (χ1n) is 12.5. The van der Waals surface area contributed by atoms with Gasteiger partial charge in [-0.25, -0.2) is 9.59 Å². The lowest BCUT2D eigenvalue weighted by molar-refractivity contribution is -0.143. The van der Waals surface area contributed by atoms with Crippen LogP contribution in [0.25, 0.3) is 0 Å². The van der Waals surface area contributed by atoms with Gasteiger partial charge in [0, 0.05) is 13.1 Å². The van der Waals surface area contributed by atoms with E-state index in [9.17, 15) is 49.1 Å². The molecule has 2 amide bonds. The minimum atomic E-state index is -4.76. The Hall–Kier alpha value is -3.65. The molecule has 15 heteroatoms. The molecule has 234 valence electrons. The molecule has 2 aromatic rings. The van der Waals surface area contributed by atoms with Crippen LogP contribution in [0.4, 0.5) is 54.8 Å². The number of ether oxygens (including phenoxy) is 2. The Balaban J connectivity index is 0.000000347. The molecule has 6 nitrogen and oxygen atoms in total. The van der Waals surface area contributed by atoms with E-state index in [2.05, 4.69) is 0 Å². The molecule has 42 heavy (non-hydrogen) atoms. The molecule has 1 heterocycles. The first-order chi connectivity index (χ1) is 19.3. The number of methoxy groups -OCH3 is 1. The van der Waals surface area contributed by atoms with Crippen molar-refractivity contribution in [3.8, 4) is 0 Å². The highest BCUT2D eigenvalue weighted by atomic mass is 19.4. The van der Waals surface area contributed by atoms with E-state index in [1.54, 1.807) is 6.92 Å². The molecule has 0 radical (unpaired) electrons. The number of nitrogens with zero attached hydrogens (tertiary/aromatic N) is 2. The molecule has 0 N–H and O–H groups in total. The number of fused-ring (bicyclic) bond motifs is 1. The molecular weight excluding hydrogens is 587 g/mol. The number of aryl methyl sites for hydroxylation is 1. The Labute approximate surface area is 236 Å². The lowest BCUT2D eigenvalue weighted by Gasteiger charge is -2.42. The van der Waals surface area contributed by atoms with Gasteiger partial charge in [0.15, 0.2) is 0 Å². The highest BCUT2D eigenvalue weighted by Gasteiger charge is 2.41. The van der Waals surface area contributed by atoms with Crippen LogP contribution >= 0.6 is 0 Å². The van der Waals surface area contributed by atoms with Crippen molar-refractivity contribution in [3.05, 3.63) is 64.2 Å². The molecule has 0 saturated carbocycles. The van der Waals surface area contributed by atoms with Gasteiger partial charge in [-0.2, -0.15) is 39.5 Å². The fourth-order valence-electron chi connectivity index (χ4n) is 4.44. The third-order valence-electron chi connectivity index (χ3n) is 6.43. The minimum Gasteiger partial charge on any atom is -0.453 e. The lowest BCUT2D eigenvalue weighted by Crippen LogP contribution is -2.48. The number of rotatable bonds is 3. The summed E-state index contributed by atoms with van der Waals surface area (Å²) in [6.07, 6.45) is -14.5. The largest absolute Gasteiger partial charge is 0.453 e. The van der Waals surface area contributed by atoms with E-state index in [4.69, 9.17) is 9.47 Å². The Bertz CT molecular complexity index is 1230. The second kappa shape index (κ2) is 13.1. The zero-order chi connectivity index (χ0) is 32.2. The number of alkyl halides is 9. The fraction of sp³-hybridized carbons (Fsp3) is 0.481. The normalized spacial score (nSPS) is 17.0. The van der Waals surface area contributed by atoms with E-state index in [-0.39, 0.29) is 36.3 Å². The smallest absolute Gasteiger partial charge is 0.416 e. The molecule has 1 aliphatic heterocycles. The van der Waals surface area contributed by atoms with Crippen molar-refractivity contribution in [1.29, 1.82) is 0 Å². The predicted molar refractivity (Wildman–Crippen MR) is 134 cm³/mol. The molecule has 2 atom stereocenters. The molecule has 0 saturated heterocycles. The highest BCUT2D eigenvalue weighted by molar-refractivity contribution is 5.90. The molecule has 2 aromatic carbocycles. The summed E-state index contributed by atoms with van der Waals surface area (Å²) in [4.78, 5) is 27.1. The van der Waals surface area contributed by atoms with Gasteiger partial charge in [-0.3, -0.25) is 4.90 Å². The summed E-state index contributed by atoms with van der Waals surface area (Å²) in [6, 6.07) is 3.64. The third kappa shape index (κ3) is 8.22. The number of benzene rings is 2. The van der Waals surface area contributed by atoms with Gasteiger partial charge < -0.3 is 14.4 Å². The van der Waals surface area contributed by atoms with Crippen molar-refractivity contribution in [2.75, 3.05) is 25.7 Å². The maximum atomic E-state index is 13.2. The molecule has 0 unspecified atom stereocenters. The molecule has 0 aromatic heterocycles. The topological polar surface area (TPSA) is 59.1 Å². The van der Waals surface area contributed by atoms with Crippen LogP contribution in [0.3, 0.4) is 0 Å². The fourth-order valence-corrected chi connectivity index (χ4v) is 4.44. The third-order valence-corrected chi connectivity index (χ3v) is 6.43. The number of hydrogen-bond donors (Lipinski definition) is 0. The van der Waals surface area contributed by atoms with Gasteiger partial charge in [-0.1, -0.05) is 6.92 Å². The standard InChI is InChI=1S/C18H23F3N2O4.C9H6F6/c1-5-12-10-15(22(3)16(24)26-4)13-9-11(18(19,20)21)7-8-14(13)23(12)17(25)27-6-2;1-5-2-6(8(10,11)12)4-7(3-5)9(13,14)15/h7-9,12,15H,5-6,10H2,1-4H3;2-4H,1H3/t12-,15+;/m1./s1. The summed E-state index contributed by atoms with van der Waals surface area (Å²) in [6.45, 7) is 4.85. The summed E-state index contributed by atoms with van der Waals surface area (Å²) in [5.74, 6) is 0. The minimum absolute atomic E-state index is 0.0721. The Morgan fingerprint density at radius 2 is 1.40 bits per heavy atom. The van der Waals surface area contributed by atoms with E-state index < -0.39 is 53.4 Å². The molecule has 3 rings (SSSR count). The summed E-state index contributed by atoms with van der Waals surface area (Å²) in [5, 5.41) is 0. The second-order valence-electron chi connectivity index (χ2n) is 9.32. The lowest BCUT2D eigenvalue weighted by atomic mass is 9.88. The van der Waals surface area contributed by atoms with Crippen LogP contribution in [0, 0.1) is 6.92 Å². The van der Waals surface area contributed by atoms with Gasteiger partial charge in [-0.05, 0) is 74.2 Å². The number of hydrogen-bond acceptors (Lipinski definition) is 4. The quantitative estimate of drug-likeness (QED) is 0.324. The number of carbonyl (C=O) groups excluding carboxylic acids is 2. The van der Waals surface area contributed by atoms with E-state index >= 15 is 0 Å². The van der Waals surface area contributed by atoms with Gasteiger partial charge in [0.05, 0.1) is 42.1 Å². The highest BCUT2D eigenvalue weighted by Crippen LogP contribution is 2.44. The van der Waals surface area contributed by atoms with Crippen LogP contribution < -0.4 is 4.90 Å². The molecule has 0 bridgehead atoms. The Kier molecular flexibility index (Phi) is 10.8. The monoisotopic (exact) mass is 616 g/mol. The molecule has 0 aliphatic carbocycles. The van der Waals surface area contributed by atoms with Gasteiger partial charge in [0.25, 0.3) is 0 Å². The zero-order valence-corrected chi connectivity index (χ0v) is 23.2. The summed E-state index contributed by atoms with van der Waals surface area (Å²) < 4.78 is 122. The van der Waals surface area contributed by atoms with Crippen LogP contribution in [-0.2, 0) is 28.0 Å². The van der Waals surface area contributed by atoms with Crippen LogP contribution in [0.2, 0.25) is 0 Å². The molecule has 0 spiro atoms. The maximum Gasteiger partial charge on any atom is 0.416 e. The van der Waals surface area contributed by atoms with Crippen molar-refractivity contribution < 1.29 is 58.6 Å². The van der Waals surface area contributed by atoms with Crippen molar-refractivity contribution >= 4 is 17.9 Å². The van der Waals surface area contributed by atoms with Crippen molar-refractivity contribution in [3.63, 3.8) is 0 Å². The van der Waals surface area contributed by atoms with Gasteiger partial charge >= 0.3 is 30.7 Å². The van der Waals surface area contributed by atoms with Crippen LogP contribution in [0.1, 0.15) is 60.5 Å². The Morgan fingerprint density at radius 1 is 0.881 bits per heavy atom. The van der Waals surface area contributed by atoms with E-state index in [0.29, 0.717) is 24.2 Å². The number of carbonyl (C=O) groups is 2. The second-order valence-corrected chi connectivity index (χ2v) is 9.32. The average molecular weight is 617 g/mol. The van der Waals surface area contributed by atoms with Crippen molar-refractivity contribution in [2.24, 2.45) is 0 Å². The maximum absolute atomic E-state index is 13.2. The zero-order valence-electron chi connectivity index (χ0n) is 23.2. The molecular formula is C27H29F9N2O4. The average Bonchev–Trinajstić information content (AvgIpc) is 2.89. The van der Waals surface area contributed by atoms with E-state index in [0.717, 1.165) is 12.1 Å². The van der Waals surface area contributed by atoms with Crippen LogP contribution in [0.5, 0.6) is 0 Å². The SMILES string of the molecule is CCOC(=O)N1c2ccc(C(F)(F)F)cc2[C@@H](N(C)C(=O)OC)C[C@H]1CC.Cc1cc(C(F)(F)F)cc(C(F)(F)F)c1. The number of halogens is 9. The van der Waals surface area contributed by atoms with Crippen LogP contribution in [0.15, 0.2) is 36.4 Å². The van der Waals surface area contributed by atoms with Crippen LogP contribution in [-0.4, -0.2) is 43.9 Å². The van der Waals surface area contributed by atoms with Gasteiger partial charge in [0.2, 0.25) is 0 Å². The Morgan fingerprint density at radius 3 is 1.83 bits per heavy atom. The molecule has 1 aliphatic rings. The first-order valence-corrected chi connectivity index (χ1v) is 12.5. The van der Waals surface area contributed by atoms with E-state index in [1.807, 2.05) is 6.92 Å². The van der Waals surface area contributed by atoms with E-state index in [1.165, 1.54) is 36.9 Å². The summed E-state index contributed by atoms with van der Waals surface area (Å²) >= 11 is 0. The van der Waals surface area contributed by atoms with Crippen molar-refractivity contribution in [2.45, 2.75) is 64.2 Å².